The molecular formula is C30H38N4O4. The van der Waals surface area contributed by atoms with Crippen molar-refractivity contribution in [3.8, 4) is 0 Å². The summed E-state index contributed by atoms with van der Waals surface area (Å²) in [6.07, 6.45) is 0.948. The highest BCUT2D eigenvalue weighted by molar-refractivity contribution is 5.94. The topological polar surface area (TPSA) is 118 Å². The van der Waals surface area contributed by atoms with Gasteiger partial charge in [-0.1, -0.05) is 55.8 Å². The van der Waals surface area contributed by atoms with E-state index >= 15 is 0 Å². The van der Waals surface area contributed by atoms with E-state index in [2.05, 4.69) is 23.8 Å². The molecule has 0 spiro atoms. The van der Waals surface area contributed by atoms with E-state index in [4.69, 9.17) is 10.5 Å². The summed E-state index contributed by atoms with van der Waals surface area (Å²) >= 11 is 0. The number of nitrogens with one attached hydrogen (secondary N) is 1. The van der Waals surface area contributed by atoms with Crippen LogP contribution in [-0.4, -0.2) is 46.4 Å². The molecule has 1 atom stereocenters. The van der Waals surface area contributed by atoms with Crippen LogP contribution < -0.4 is 11.3 Å². The number of H-pyrrole nitrogens is 1. The summed E-state index contributed by atoms with van der Waals surface area (Å²) in [6, 6.07) is 15.2. The second-order valence-electron chi connectivity index (χ2n) is 9.78. The van der Waals surface area contributed by atoms with Crippen molar-refractivity contribution in [1.82, 2.24) is 14.9 Å². The lowest BCUT2D eigenvalue weighted by molar-refractivity contribution is 0.0517. The summed E-state index contributed by atoms with van der Waals surface area (Å²) in [6.45, 7) is 10.6. The maximum Gasteiger partial charge on any atom is 0.357 e. The Bertz CT molecular complexity index is 1310. The van der Waals surface area contributed by atoms with Gasteiger partial charge in [0.1, 0.15) is 5.82 Å². The molecule has 3 rings (SSSR count). The fourth-order valence-electron chi connectivity index (χ4n) is 4.60. The number of ether oxygens (including phenoxy) is 1. The maximum atomic E-state index is 13.8. The molecule has 0 saturated carbocycles. The Labute approximate surface area is 224 Å². The lowest BCUT2D eigenvalue weighted by Crippen LogP contribution is -2.39. The number of aromatic nitrogens is 2. The van der Waals surface area contributed by atoms with E-state index in [9.17, 15) is 14.4 Å². The van der Waals surface area contributed by atoms with Crippen molar-refractivity contribution in [1.29, 1.82) is 0 Å². The van der Waals surface area contributed by atoms with Crippen molar-refractivity contribution in [2.24, 2.45) is 11.7 Å². The van der Waals surface area contributed by atoms with E-state index in [0.29, 0.717) is 30.9 Å². The average molecular weight is 519 g/mol. The monoisotopic (exact) mass is 518 g/mol. The number of nitrogens with two attached hydrogens (primary N) is 1. The highest BCUT2D eigenvalue weighted by Crippen LogP contribution is 2.33. The van der Waals surface area contributed by atoms with Crippen LogP contribution in [0, 0.1) is 19.8 Å². The Morgan fingerprint density at radius 2 is 1.76 bits per heavy atom. The number of esters is 1. The van der Waals surface area contributed by atoms with E-state index in [1.807, 2.05) is 60.4 Å². The first-order valence-corrected chi connectivity index (χ1v) is 13.1. The normalized spacial score (nSPS) is 11.9. The predicted octanol–water partition coefficient (Wildman–Crippen LogP) is 4.34. The Morgan fingerprint density at radius 1 is 1.08 bits per heavy atom. The van der Waals surface area contributed by atoms with Crippen molar-refractivity contribution < 1.29 is 14.3 Å². The zero-order valence-electron chi connectivity index (χ0n) is 22.9. The van der Waals surface area contributed by atoms with Crippen molar-refractivity contribution in [3.05, 3.63) is 98.2 Å². The first-order valence-electron chi connectivity index (χ1n) is 13.1. The number of nitrogens with zero attached hydrogens (tertiary/aromatic N) is 2. The molecule has 0 aliphatic heterocycles. The van der Waals surface area contributed by atoms with Crippen molar-refractivity contribution >= 4 is 11.9 Å². The lowest BCUT2D eigenvalue weighted by atomic mass is 9.88. The lowest BCUT2D eigenvalue weighted by Gasteiger charge is -2.36. The summed E-state index contributed by atoms with van der Waals surface area (Å²) < 4.78 is 5.10. The molecule has 3 N–H and O–H groups in total. The van der Waals surface area contributed by atoms with E-state index in [0.717, 1.165) is 16.7 Å². The number of amides is 1. The number of benzene rings is 2. The third kappa shape index (κ3) is 6.75. The molecule has 1 amide bonds. The number of hydrogen-bond donors (Lipinski definition) is 2. The van der Waals surface area contributed by atoms with Crippen LogP contribution in [0.15, 0.2) is 53.3 Å². The minimum atomic E-state index is -0.623. The molecule has 8 nitrogen and oxygen atoms in total. The largest absolute Gasteiger partial charge is 0.461 e. The molecule has 1 unspecified atom stereocenters. The Kier molecular flexibility index (Phi) is 9.96. The third-order valence-electron chi connectivity index (χ3n) is 6.53. The summed E-state index contributed by atoms with van der Waals surface area (Å²) in [4.78, 5) is 48.0. The van der Waals surface area contributed by atoms with Crippen molar-refractivity contribution in [3.63, 3.8) is 0 Å². The van der Waals surface area contributed by atoms with E-state index in [-0.39, 0.29) is 47.7 Å². The van der Waals surface area contributed by atoms with Crippen molar-refractivity contribution in [2.45, 2.75) is 53.5 Å². The molecule has 38 heavy (non-hydrogen) atoms. The van der Waals surface area contributed by atoms with Gasteiger partial charge in [-0.25, -0.2) is 9.78 Å². The SMILES string of the molecule is CCOC(=O)c1nc(Cc2ccccc2C(C(C)C)N(CCCN)C(=O)c2ccc(C)cc2)[nH]c(=O)c1C. The molecule has 0 radical (unpaired) electrons. The van der Waals surface area contributed by atoms with Gasteiger partial charge in [-0.2, -0.15) is 0 Å². The standard InChI is InChI=1S/C30H38N4O4/c1-6-38-30(37)26-21(5)28(35)33-25(32-26)18-23-10-7-8-11-24(23)27(19(2)3)34(17-9-16-31)29(36)22-14-12-20(4)13-15-22/h7-8,10-15,19,27H,6,9,16-18,31H2,1-5H3,(H,32,33,35). The van der Waals surface area contributed by atoms with Gasteiger partial charge in [0.15, 0.2) is 5.69 Å². The summed E-state index contributed by atoms with van der Waals surface area (Å²) in [5, 5.41) is 0. The van der Waals surface area contributed by atoms with Crippen LogP contribution in [0.3, 0.4) is 0 Å². The Balaban J connectivity index is 2.06. The van der Waals surface area contributed by atoms with E-state index in [1.165, 1.54) is 0 Å². The van der Waals surface area contributed by atoms with Gasteiger partial charge in [0.05, 0.1) is 12.6 Å². The number of rotatable bonds is 11. The molecule has 0 aliphatic carbocycles. The van der Waals surface area contributed by atoms with Gasteiger partial charge in [-0.15, -0.1) is 0 Å². The number of carbonyl (C=O) groups is 2. The number of aromatic amines is 1. The highest BCUT2D eigenvalue weighted by atomic mass is 16.5. The molecule has 3 aromatic rings. The first kappa shape index (κ1) is 28.8. The summed E-state index contributed by atoms with van der Waals surface area (Å²) in [5.74, 6) is -0.235. The van der Waals surface area contributed by atoms with Crippen LogP contribution >= 0.6 is 0 Å². The van der Waals surface area contributed by atoms with Gasteiger partial charge in [0, 0.05) is 24.1 Å². The first-order chi connectivity index (χ1) is 18.2. The van der Waals surface area contributed by atoms with Crippen LogP contribution in [-0.2, 0) is 11.2 Å². The molecule has 0 fully saturated rings. The molecule has 1 aromatic heterocycles. The molecule has 0 aliphatic rings. The maximum absolute atomic E-state index is 13.8. The van der Waals surface area contributed by atoms with Gasteiger partial charge in [0.25, 0.3) is 11.5 Å². The van der Waals surface area contributed by atoms with Gasteiger partial charge in [-0.05, 0) is 62.9 Å². The molecular weight excluding hydrogens is 480 g/mol. The highest BCUT2D eigenvalue weighted by Gasteiger charge is 2.30. The van der Waals surface area contributed by atoms with Crippen LogP contribution in [0.25, 0.3) is 0 Å². The van der Waals surface area contributed by atoms with Crippen LogP contribution in [0.2, 0.25) is 0 Å². The molecule has 0 bridgehead atoms. The van der Waals surface area contributed by atoms with Gasteiger partial charge < -0.3 is 20.4 Å². The molecule has 1 heterocycles. The van der Waals surface area contributed by atoms with Crippen LogP contribution in [0.4, 0.5) is 0 Å². The van der Waals surface area contributed by atoms with Gasteiger partial charge in [-0.3, -0.25) is 9.59 Å². The van der Waals surface area contributed by atoms with E-state index < -0.39 is 5.97 Å². The van der Waals surface area contributed by atoms with Gasteiger partial charge >= 0.3 is 5.97 Å². The van der Waals surface area contributed by atoms with Gasteiger partial charge in [0.2, 0.25) is 0 Å². The fraction of sp³-hybridized carbons (Fsp3) is 0.400. The minimum absolute atomic E-state index is 0.0163. The minimum Gasteiger partial charge on any atom is -0.461 e. The molecule has 202 valence electrons. The summed E-state index contributed by atoms with van der Waals surface area (Å²) in [5.41, 5.74) is 9.28. The molecule has 0 saturated heterocycles. The smallest absolute Gasteiger partial charge is 0.357 e. The summed E-state index contributed by atoms with van der Waals surface area (Å²) in [7, 11) is 0. The quantitative estimate of drug-likeness (QED) is 0.365. The van der Waals surface area contributed by atoms with Crippen LogP contribution in [0.1, 0.15) is 82.2 Å². The fourth-order valence-corrected chi connectivity index (χ4v) is 4.60. The second kappa shape index (κ2) is 13.1. The zero-order chi connectivity index (χ0) is 27.8. The third-order valence-corrected chi connectivity index (χ3v) is 6.53. The zero-order valence-corrected chi connectivity index (χ0v) is 22.9. The number of hydrogen-bond acceptors (Lipinski definition) is 6. The number of carbonyl (C=O) groups excluding carboxylic acids is 2. The van der Waals surface area contributed by atoms with Crippen LogP contribution in [0.5, 0.6) is 0 Å². The molecule has 8 heteroatoms. The number of aryl methyl sites for hydroxylation is 1. The van der Waals surface area contributed by atoms with E-state index in [1.54, 1.807) is 13.8 Å². The Morgan fingerprint density at radius 3 is 2.39 bits per heavy atom. The second-order valence-corrected chi connectivity index (χ2v) is 9.78. The Hall–Kier alpha value is -3.78. The predicted molar refractivity (Wildman–Crippen MR) is 148 cm³/mol. The van der Waals surface area contributed by atoms with Crippen molar-refractivity contribution in [2.75, 3.05) is 19.7 Å². The molecule has 2 aromatic carbocycles. The average Bonchev–Trinajstić information content (AvgIpc) is 2.89.